The first-order valence-corrected chi connectivity index (χ1v) is 13.5. The highest BCUT2D eigenvalue weighted by atomic mass is 32.1. The molecule has 2 fully saturated rings. The van der Waals surface area contributed by atoms with Crippen LogP contribution in [0.5, 0.6) is 5.75 Å². The summed E-state index contributed by atoms with van der Waals surface area (Å²) in [5.74, 6) is -0.271. The maximum Gasteiger partial charge on any atom is 0.273 e. The van der Waals surface area contributed by atoms with E-state index < -0.39 is 5.91 Å². The maximum absolute atomic E-state index is 13.6. The Morgan fingerprint density at radius 1 is 1.00 bits per heavy atom. The quantitative estimate of drug-likeness (QED) is 0.471. The van der Waals surface area contributed by atoms with Gasteiger partial charge in [0, 0.05) is 18.6 Å². The summed E-state index contributed by atoms with van der Waals surface area (Å²) < 4.78 is 9.44. The van der Waals surface area contributed by atoms with Crippen molar-refractivity contribution in [1.82, 2.24) is 19.9 Å². The third-order valence-corrected chi connectivity index (χ3v) is 7.80. The number of nitrogen functional groups attached to an aromatic ring is 1. The lowest BCUT2D eigenvalue weighted by Gasteiger charge is -2.23. The number of carbonyl (C=O) groups excluding carboxylic acids is 3. The van der Waals surface area contributed by atoms with Gasteiger partial charge in [0.25, 0.3) is 11.8 Å². The van der Waals surface area contributed by atoms with Crippen LogP contribution in [0, 0.1) is 0 Å². The van der Waals surface area contributed by atoms with Crippen LogP contribution in [0.3, 0.4) is 0 Å². The van der Waals surface area contributed by atoms with Crippen LogP contribution in [0.15, 0.2) is 24.3 Å². The highest BCUT2D eigenvalue weighted by Crippen LogP contribution is 2.26. The number of nitrogens with zero attached hydrogens (tertiary/aromatic N) is 2. The van der Waals surface area contributed by atoms with Gasteiger partial charge in [-0.15, -0.1) is 0 Å². The molecule has 1 aromatic carbocycles. The Bertz CT molecular complexity index is 1060. The molecule has 4 N–H and O–H groups in total. The standard InChI is InChI=1S/C26H35N5O4S/c1-35-20-13-11-17(12-14-20)15-31(16-21(32)28-18-9-5-6-10-18)26(34)24-22(27)23(30-36-24)25(33)29-19-7-3-2-4-8-19/h11-14,18-19H,2-10,15-16,27H2,1H3,(H,28,32)(H,29,33). The van der Waals surface area contributed by atoms with E-state index in [9.17, 15) is 14.4 Å². The van der Waals surface area contributed by atoms with Crippen molar-refractivity contribution in [2.24, 2.45) is 0 Å². The Morgan fingerprint density at radius 2 is 1.61 bits per heavy atom. The molecular weight excluding hydrogens is 478 g/mol. The minimum atomic E-state index is -0.417. The van der Waals surface area contributed by atoms with Crippen LogP contribution in [-0.4, -0.2) is 52.7 Å². The van der Waals surface area contributed by atoms with Gasteiger partial charge >= 0.3 is 0 Å². The molecule has 2 aliphatic carbocycles. The van der Waals surface area contributed by atoms with E-state index in [2.05, 4.69) is 15.0 Å². The highest BCUT2D eigenvalue weighted by molar-refractivity contribution is 7.09. The molecule has 2 saturated carbocycles. The van der Waals surface area contributed by atoms with Crippen LogP contribution in [0.1, 0.15) is 83.5 Å². The summed E-state index contributed by atoms with van der Waals surface area (Å²) in [5, 5.41) is 6.05. The van der Waals surface area contributed by atoms with E-state index in [1.807, 2.05) is 24.3 Å². The van der Waals surface area contributed by atoms with Gasteiger partial charge in [-0.1, -0.05) is 44.2 Å². The number of aromatic nitrogens is 1. The Hall–Kier alpha value is -3.14. The van der Waals surface area contributed by atoms with Gasteiger partial charge in [-0.2, -0.15) is 4.37 Å². The minimum Gasteiger partial charge on any atom is -0.497 e. The van der Waals surface area contributed by atoms with Gasteiger partial charge in [-0.3, -0.25) is 14.4 Å². The smallest absolute Gasteiger partial charge is 0.273 e. The number of rotatable bonds is 9. The van der Waals surface area contributed by atoms with E-state index in [1.54, 1.807) is 7.11 Å². The Labute approximate surface area is 215 Å². The summed E-state index contributed by atoms with van der Waals surface area (Å²) in [4.78, 5) is 40.8. The molecule has 36 heavy (non-hydrogen) atoms. The zero-order valence-electron chi connectivity index (χ0n) is 20.8. The highest BCUT2D eigenvalue weighted by Gasteiger charge is 2.29. The third-order valence-electron chi connectivity index (χ3n) is 6.95. The van der Waals surface area contributed by atoms with Gasteiger partial charge in [-0.05, 0) is 54.9 Å². The van der Waals surface area contributed by atoms with E-state index in [1.165, 1.54) is 11.3 Å². The van der Waals surface area contributed by atoms with Crippen LogP contribution < -0.4 is 21.1 Å². The first-order chi connectivity index (χ1) is 17.4. The Balaban J connectivity index is 1.49. The van der Waals surface area contributed by atoms with Crippen molar-refractivity contribution < 1.29 is 19.1 Å². The first-order valence-electron chi connectivity index (χ1n) is 12.7. The molecule has 0 unspecified atom stereocenters. The molecule has 2 aliphatic rings. The maximum atomic E-state index is 13.6. The van der Waals surface area contributed by atoms with Crippen LogP contribution in [0.4, 0.5) is 5.69 Å². The molecule has 0 saturated heterocycles. The van der Waals surface area contributed by atoms with Crippen molar-refractivity contribution >= 4 is 34.9 Å². The largest absolute Gasteiger partial charge is 0.497 e. The molecule has 1 aromatic heterocycles. The van der Waals surface area contributed by atoms with Crippen molar-refractivity contribution in [1.29, 1.82) is 0 Å². The lowest BCUT2D eigenvalue weighted by Crippen LogP contribution is -2.43. The van der Waals surface area contributed by atoms with Crippen LogP contribution >= 0.6 is 11.5 Å². The monoisotopic (exact) mass is 513 g/mol. The summed E-state index contributed by atoms with van der Waals surface area (Å²) in [6.07, 6.45) is 9.35. The molecule has 1 heterocycles. The lowest BCUT2D eigenvalue weighted by molar-refractivity contribution is -0.122. The fraction of sp³-hybridized carbons (Fsp3) is 0.538. The number of carbonyl (C=O) groups is 3. The van der Waals surface area contributed by atoms with Gasteiger partial charge in [0.2, 0.25) is 5.91 Å². The van der Waals surface area contributed by atoms with E-state index >= 15 is 0 Å². The molecule has 3 amide bonds. The zero-order chi connectivity index (χ0) is 25.5. The Morgan fingerprint density at radius 3 is 2.25 bits per heavy atom. The van der Waals surface area contributed by atoms with E-state index in [-0.39, 0.29) is 53.2 Å². The van der Waals surface area contributed by atoms with Gasteiger partial charge in [0.05, 0.1) is 12.8 Å². The SMILES string of the molecule is COc1ccc(CN(CC(=O)NC2CCCC2)C(=O)c2snc(C(=O)NC3CCCCC3)c2N)cc1. The normalized spacial score (nSPS) is 16.5. The second-order valence-corrected chi connectivity index (χ2v) is 10.4. The van der Waals surface area contributed by atoms with E-state index in [0.29, 0.717) is 5.75 Å². The van der Waals surface area contributed by atoms with Crippen molar-refractivity contribution in [3.63, 3.8) is 0 Å². The molecule has 10 heteroatoms. The number of benzene rings is 1. The molecule has 0 radical (unpaired) electrons. The minimum absolute atomic E-state index is 0.0641. The van der Waals surface area contributed by atoms with Crippen LogP contribution in [-0.2, 0) is 11.3 Å². The summed E-state index contributed by atoms with van der Waals surface area (Å²) in [6, 6.07) is 7.59. The van der Waals surface area contributed by atoms with Crippen LogP contribution in [0.25, 0.3) is 0 Å². The van der Waals surface area contributed by atoms with Gasteiger partial charge in [-0.25, -0.2) is 0 Å². The zero-order valence-corrected chi connectivity index (χ0v) is 21.6. The molecular formula is C26H35N5O4S. The molecule has 0 bridgehead atoms. The lowest BCUT2D eigenvalue weighted by atomic mass is 9.95. The van der Waals surface area contributed by atoms with Gasteiger partial charge < -0.3 is 26.0 Å². The first kappa shape index (κ1) is 25.9. The molecule has 2 aromatic rings. The molecule has 0 aliphatic heterocycles. The van der Waals surface area contributed by atoms with Crippen LogP contribution in [0.2, 0.25) is 0 Å². The van der Waals surface area contributed by atoms with Crippen molar-refractivity contribution in [3.8, 4) is 5.75 Å². The van der Waals surface area contributed by atoms with E-state index in [4.69, 9.17) is 10.5 Å². The average molecular weight is 514 g/mol. The fourth-order valence-electron chi connectivity index (χ4n) is 4.93. The molecule has 4 rings (SSSR count). The summed E-state index contributed by atoms with van der Waals surface area (Å²) in [7, 11) is 1.59. The number of ether oxygens (including phenoxy) is 1. The molecule has 9 nitrogen and oxygen atoms in total. The summed E-state index contributed by atoms with van der Waals surface area (Å²) in [6.45, 7) is 0.101. The second kappa shape index (κ2) is 12.2. The molecule has 0 spiro atoms. The Kier molecular flexibility index (Phi) is 8.79. The predicted octanol–water partition coefficient (Wildman–Crippen LogP) is 3.50. The molecule has 194 valence electrons. The van der Waals surface area contributed by atoms with Crippen molar-refractivity contribution in [2.75, 3.05) is 19.4 Å². The van der Waals surface area contributed by atoms with Crippen molar-refractivity contribution in [2.45, 2.75) is 76.4 Å². The number of hydrogen-bond acceptors (Lipinski definition) is 7. The van der Waals surface area contributed by atoms with Gasteiger partial charge in [0.1, 0.15) is 17.2 Å². The number of anilines is 1. The van der Waals surface area contributed by atoms with Crippen molar-refractivity contribution in [3.05, 3.63) is 40.4 Å². The fourth-order valence-corrected chi connectivity index (χ4v) is 5.69. The van der Waals surface area contributed by atoms with Gasteiger partial charge in [0.15, 0.2) is 5.69 Å². The number of nitrogens with two attached hydrogens (primary N) is 1. The summed E-state index contributed by atoms with van der Waals surface area (Å²) >= 11 is 0.901. The molecule has 0 atom stereocenters. The second-order valence-electron chi connectivity index (χ2n) is 9.64. The topological polar surface area (TPSA) is 127 Å². The number of amides is 3. The van der Waals surface area contributed by atoms with E-state index in [0.717, 1.165) is 68.5 Å². The summed E-state index contributed by atoms with van der Waals surface area (Å²) in [5.41, 5.74) is 7.25. The number of hydrogen-bond donors (Lipinski definition) is 3. The average Bonchev–Trinajstić information content (AvgIpc) is 3.53. The number of methoxy groups -OCH3 is 1. The number of nitrogens with one attached hydrogen (secondary N) is 2. The predicted molar refractivity (Wildman–Crippen MR) is 139 cm³/mol. The third kappa shape index (κ3) is 6.54.